The third-order valence-electron chi connectivity index (χ3n) is 2.00. The highest BCUT2D eigenvalue weighted by molar-refractivity contribution is 5.67. The van der Waals surface area contributed by atoms with Gasteiger partial charge in [-0.1, -0.05) is 0 Å². The Labute approximate surface area is 90.1 Å². The van der Waals surface area contributed by atoms with Crippen LogP contribution in [0.2, 0.25) is 0 Å². The van der Waals surface area contributed by atoms with Gasteiger partial charge < -0.3 is 16.0 Å². The van der Waals surface area contributed by atoms with Crippen molar-refractivity contribution in [3.05, 3.63) is 46.8 Å². The number of nitrogens with two attached hydrogens (primary N) is 1. The van der Waals surface area contributed by atoms with Gasteiger partial charge in [0.25, 0.3) is 5.56 Å². The molecule has 0 atom stereocenters. The van der Waals surface area contributed by atoms with E-state index in [1.807, 2.05) is 0 Å². The van der Waals surface area contributed by atoms with Crippen LogP contribution in [0.1, 0.15) is 0 Å². The Morgan fingerprint density at radius 2 is 2.00 bits per heavy atom. The first-order valence-corrected chi connectivity index (χ1v) is 4.52. The number of H-pyrrole nitrogens is 1. The van der Waals surface area contributed by atoms with Crippen LogP contribution in [0.4, 0.5) is 21.6 Å². The van der Waals surface area contributed by atoms with Crippen molar-refractivity contribution in [2.24, 2.45) is 0 Å². The zero-order valence-corrected chi connectivity index (χ0v) is 8.20. The van der Waals surface area contributed by atoms with Crippen LogP contribution in [0.15, 0.2) is 35.4 Å². The summed E-state index contributed by atoms with van der Waals surface area (Å²) in [5.41, 5.74) is 5.70. The molecule has 0 aliphatic rings. The first kappa shape index (κ1) is 10.2. The fraction of sp³-hybridized carbons (Fsp3) is 0. The van der Waals surface area contributed by atoms with E-state index in [2.05, 4.69) is 15.3 Å². The van der Waals surface area contributed by atoms with Gasteiger partial charge in [0, 0.05) is 5.69 Å². The molecule has 0 amide bonds. The Morgan fingerprint density at radius 3 is 2.69 bits per heavy atom. The first-order valence-electron chi connectivity index (χ1n) is 4.52. The van der Waals surface area contributed by atoms with Gasteiger partial charge in [-0.25, -0.2) is 9.37 Å². The van der Waals surface area contributed by atoms with Crippen LogP contribution < -0.4 is 16.6 Å². The largest absolute Gasteiger partial charge is 0.391 e. The van der Waals surface area contributed by atoms with Gasteiger partial charge in [-0.2, -0.15) is 0 Å². The van der Waals surface area contributed by atoms with E-state index in [4.69, 9.17) is 5.73 Å². The fourth-order valence-corrected chi connectivity index (χ4v) is 1.18. The molecule has 0 aliphatic heterocycles. The van der Waals surface area contributed by atoms with Crippen LogP contribution in [-0.4, -0.2) is 9.97 Å². The summed E-state index contributed by atoms with van der Waals surface area (Å²) < 4.78 is 12.6. The van der Waals surface area contributed by atoms with E-state index < -0.39 is 5.56 Å². The summed E-state index contributed by atoms with van der Waals surface area (Å²) in [7, 11) is 0. The topological polar surface area (TPSA) is 83.8 Å². The Balaban J connectivity index is 2.30. The third-order valence-corrected chi connectivity index (χ3v) is 2.00. The van der Waals surface area contributed by atoms with Crippen LogP contribution in [0.25, 0.3) is 0 Å². The molecule has 0 saturated heterocycles. The molecule has 0 aliphatic carbocycles. The summed E-state index contributed by atoms with van der Waals surface area (Å²) in [5, 5.41) is 2.82. The zero-order valence-electron chi connectivity index (χ0n) is 8.20. The number of nitrogens with zero attached hydrogens (tertiary/aromatic N) is 1. The van der Waals surface area contributed by atoms with Crippen molar-refractivity contribution >= 4 is 17.2 Å². The van der Waals surface area contributed by atoms with Crippen molar-refractivity contribution in [2.75, 3.05) is 11.1 Å². The third kappa shape index (κ3) is 2.00. The number of halogens is 1. The quantitative estimate of drug-likeness (QED) is 0.710. The molecule has 1 heterocycles. The average Bonchev–Trinajstić information content (AvgIpc) is 2.28. The molecule has 0 spiro atoms. The number of benzene rings is 1. The maximum atomic E-state index is 12.6. The van der Waals surface area contributed by atoms with E-state index >= 15 is 0 Å². The van der Waals surface area contributed by atoms with Gasteiger partial charge in [-0.05, 0) is 24.3 Å². The molecule has 0 fully saturated rings. The second-order valence-electron chi connectivity index (χ2n) is 3.13. The van der Waals surface area contributed by atoms with Crippen molar-refractivity contribution in [3.8, 4) is 0 Å². The highest BCUT2D eigenvalue weighted by atomic mass is 19.1. The van der Waals surface area contributed by atoms with E-state index in [-0.39, 0.29) is 17.3 Å². The second-order valence-corrected chi connectivity index (χ2v) is 3.13. The molecular formula is C10H9FN4O. The molecule has 2 rings (SSSR count). The number of anilines is 3. The lowest BCUT2D eigenvalue weighted by Gasteiger charge is -2.06. The number of nitrogen functional groups attached to an aromatic ring is 1. The minimum absolute atomic E-state index is 0.00757. The predicted octanol–water partition coefficient (Wildman–Crippen LogP) is 1.23. The predicted molar refractivity (Wildman–Crippen MR) is 59.0 cm³/mol. The highest BCUT2D eigenvalue weighted by Crippen LogP contribution is 2.16. The number of aromatic amines is 1. The normalized spacial score (nSPS) is 10.1. The molecule has 0 radical (unpaired) electrons. The Bertz CT molecular complexity index is 549. The summed E-state index contributed by atoms with van der Waals surface area (Å²) in [6, 6.07) is 5.65. The number of aromatic nitrogens is 2. The Hall–Kier alpha value is -2.37. The average molecular weight is 220 g/mol. The lowest BCUT2D eigenvalue weighted by molar-refractivity contribution is 0.628. The smallest absolute Gasteiger partial charge is 0.276 e. The maximum Gasteiger partial charge on any atom is 0.276 e. The van der Waals surface area contributed by atoms with Crippen LogP contribution in [0.5, 0.6) is 0 Å². The van der Waals surface area contributed by atoms with Gasteiger partial charge in [0.1, 0.15) is 11.5 Å². The van der Waals surface area contributed by atoms with E-state index in [9.17, 15) is 9.18 Å². The number of hydrogen-bond donors (Lipinski definition) is 3. The van der Waals surface area contributed by atoms with Crippen molar-refractivity contribution in [1.82, 2.24) is 9.97 Å². The molecule has 0 bridgehead atoms. The standard InChI is InChI=1S/C10H9FN4O/c11-6-1-3-7(4-2-6)15-9-8(12)10(16)14-5-13-9/h1-5H,12H2,(H2,13,14,15,16). The minimum Gasteiger partial charge on any atom is -0.391 e. The van der Waals surface area contributed by atoms with Gasteiger partial charge in [0.05, 0.1) is 6.33 Å². The molecular weight excluding hydrogens is 211 g/mol. The van der Waals surface area contributed by atoms with E-state index in [1.54, 1.807) is 0 Å². The Kier molecular flexibility index (Phi) is 2.55. The van der Waals surface area contributed by atoms with Crippen molar-refractivity contribution in [2.45, 2.75) is 0 Å². The zero-order chi connectivity index (χ0) is 11.5. The summed E-state index contributed by atoms with van der Waals surface area (Å²) in [6.07, 6.45) is 1.24. The van der Waals surface area contributed by atoms with Gasteiger partial charge in [-0.3, -0.25) is 4.79 Å². The summed E-state index contributed by atoms with van der Waals surface area (Å²) >= 11 is 0. The van der Waals surface area contributed by atoms with Crippen molar-refractivity contribution in [3.63, 3.8) is 0 Å². The molecule has 2 aromatic rings. The summed E-state index contributed by atoms with van der Waals surface area (Å²) in [5.74, 6) is -0.0900. The second kappa shape index (κ2) is 4.01. The summed E-state index contributed by atoms with van der Waals surface area (Å²) in [4.78, 5) is 17.4. The number of hydrogen-bond acceptors (Lipinski definition) is 4. The van der Waals surface area contributed by atoms with Crippen LogP contribution in [0, 0.1) is 5.82 Å². The first-order chi connectivity index (χ1) is 7.66. The Morgan fingerprint density at radius 1 is 1.31 bits per heavy atom. The van der Waals surface area contributed by atoms with Crippen LogP contribution in [-0.2, 0) is 0 Å². The minimum atomic E-state index is -0.417. The molecule has 1 aromatic heterocycles. The molecule has 16 heavy (non-hydrogen) atoms. The molecule has 4 N–H and O–H groups in total. The number of rotatable bonds is 2. The SMILES string of the molecule is Nc1c(Nc2ccc(F)cc2)nc[nH]c1=O. The van der Waals surface area contributed by atoms with Crippen molar-refractivity contribution in [1.29, 1.82) is 0 Å². The lowest BCUT2D eigenvalue weighted by atomic mass is 10.3. The monoisotopic (exact) mass is 220 g/mol. The van der Waals surface area contributed by atoms with Crippen molar-refractivity contribution < 1.29 is 4.39 Å². The summed E-state index contributed by atoms with van der Waals surface area (Å²) in [6.45, 7) is 0. The van der Waals surface area contributed by atoms with Crippen LogP contribution >= 0.6 is 0 Å². The van der Waals surface area contributed by atoms with Gasteiger partial charge in [-0.15, -0.1) is 0 Å². The van der Waals surface area contributed by atoms with E-state index in [0.29, 0.717) is 5.69 Å². The van der Waals surface area contributed by atoms with E-state index in [0.717, 1.165) is 0 Å². The van der Waals surface area contributed by atoms with Gasteiger partial charge in [0.15, 0.2) is 5.82 Å². The van der Waals surface area contributed by atoms with Gasteiger partial charge in [0.2, 0.25) is 0 Å². The van der Waals surface area contributed by atoms with Gasteiger partial charge >= 0.3 is 0 Å². The lowest BCUT2D eigenvalue weighted by Crippen LogP contribution is -2.14. The fourth-order valence-electron chi connectivity index (χ4n) is 1.18. The molecule has 1 aromatic carbocycles. The van der Waals surface area contributed by atoms with E-state index in [1.165, 1.54) is 30.6 Å². The molecule has 82 valence electrons. The molecule has 0 unspecified atom stereocenters. The molecule has 0 saturated carbocycles. The molecule has 6 heteroatoms. The van der Waals surface area contributed by atoms with Crippen LogP contribution in [0.3, 0.4) is 0 Å². The maximum absolute atomic E-state index is 12.6. The highest BCUT2D eigenvalue weighted by Gasteiger charge is 2.04. The molecule has 5 nitrogen and oxygen atoms in total. The number of nitrogens with one attached hydrogen (secondary N) is 2.